The number of aliphatic hydroxyl groups excluding tert-OH is 2. The zero-order valence-electron chi connectivity index (χ0n) is 22.9. The summed E-state index contributed by atoms with van der Waals surface area (Å²) in [5, 5.41) is 51.5. The van der Waals surface area contributed by atoms with E-state index in [0.717, 1.165) is 12.8 Å². The van der Waals surface area contributed by atoms with Crippen LogP contribution >= 0.6 is 0 Å². The Morgan fingerprint density at radius 1 is 0.692 bits per heavy atom. The molecule has 39 heavy (non-hydrogen) atoms. The molecule has 0 bridgehead atoms. The Balaban J connectivity index is -0.000000783. The van der Waals surface area contributed by atoms with Gasteiger partial charge >= 0.3 is 75.3 Å². The second-order valence-electron chi connectivity index (χ2n) is 9.70. The molecule has 0 amide bonds. The molecule has 1 unspecified atom stereocenters. The molecule has 0 radical (unpaired) electrons. The van der Waals surface area contributed by atoms with Crippen molar-refractivity contribution in [1.29, 1.82) is 0 Å². The number of aliphatic carboxylic acids is 3. The summed E-state index contributed by atoms with van der Waals surface area (Å²) in [5.41, 5.74) is -2.74. The van der Waals surface area contributed by atoms with Gasteiger partial charge < -0.3 is 35.4 Å². The standard InChI is InChI=1S/C21H42O4.C6H8O7.K.H/c1-2-3-4-5-6-7-8-9-10-11-12-13-14-15-16-17-21(24)25-19-20(23)18-22;7-3(8)1-6(13,5(11)12)2-4(9)10;;/h20,22-23H,2-19H2,1H3;13H,1-2H2,(H,7,8)(H,9,10)(H,11,12);;. The Morgan fingerprint density at radius 3 is 1.36 bits per heavy atom. The van der Waals surface area contributed by atoms with Gasteiger partial charge in [0, 0.05) is 6.42 Å². The molecule has 0 aromatic heterocycles. The van der Waals surface area contributed by atoms with Crippen molar-refractivity contribution in [2.75, 3.05) is 13.2 Å². The van der Waals surface area contributed by atoms with Crippen LogP contribution < -0.4 is 0 Å². The average molecular weight is 591 g/mol. The first kappa shape index (κ1) is 42.9. The van der Waals surface area contributed by atoms with Crippen LogP contribution in [0.4, 0.5) is 0 Å². The van der Waals surface area contributed by atoms with Crippen LogP contribution in [0, 0.1) is 0 Å². The fourth-order valence-corrected chi connectivity index (χ4v) is 3.67. The van der Waals surface area contributed by atoms with Gasteiger partial charge in [0.2, 0.25) is 0 Å². The quantitative estimate of drug-likeness (QED) is 0.0548. The number of rotatable bonds is 24. The molecule has 226 valence electrons. The number of hydrogen-bond acceptors (Lipinski definition) is 8. The molecular weight excluding hydrogens is 539 g/mol. The number of unbranched alkanes of at least 4 members (excludes halogenated alkanes) is 14. The second kappa shape index (κ2) is 28.9. The van der Waals surface area contributed by atoms with E-state index in [4.69, 9.17) is 35.4 Å². The van der Waals surface area contributed by atoms with Crippen molar-refractivity contribution in [3.05, 3.63) is 0 Å². The summed E-state index contributed by atoms with van der Waals surface area (Å²) in [6, 6.07) is 0. The Bertz CT molecular complexity index is 627. The van der Waals surface area contributed by atoms with E-state index in [1.807, 2.05) is 0 Å². The maximum absolute atomic E-state index is 11.4. The third-order valence-corrected chi connectivity index (χ3v) is 5.92. The first-order chi connectivity index (χ1) is 18.0. The predicted molar refractivity (Wildman–Crippen MR) is 148 cm³/mol. The first-order valence-electron chi connectivity index (χ1n) is 13.8. The Labute approximate surface area is 275 Å². The number of carboxylic acids is 3. The van der Waals surface area contributed by atoms with Gasteiger partial charge in [-0.1, -0.05) is 96.8 Å². The van der Waals surface area contributed by atoms with Crippen LogP contribution in [0.25, 0.3) is 0 Å². The molecule has 0 heterocycles. The van der Waals surface area contributed by atoms with Gasteiger partial charge in [-0.3, -0.25) is 14.4 Å². The van der Waals surface area contributed by atoms with E-state index in [0.29, 0.717) is 6.42 Å². The van der Waals surface area contributed by atoms with E-state index in [-0.39, 0.29) is 70.6 Å². The van der Waals surface area contributed by atoms with Crippen LogP contribution in [0.1, 0.15) is 122 Å². The molecule has 0 aliphatic rings. The maximum atomic E-state index is 11.4. The Hall–Kier alpha value is -0.604. The number of carbonyl (C=O) groups is 4. The summed E-state index contributed by atoms with van der Waals surface area (Å²) < 4.78 is 4.86. The van der Waals surface area contributed by atoms with Gasteiger partial charge in [0.15, 0.2) is 5.60 Å². The summed E-state index contributed by atoms with van der Waals surface area (Å²) in [6.45, 7) is 1.79. The molecular formula is C27H51KO11. The molecule has 12 heteroatoms. The number of hydrogen-bond donors (Lipinski definition) is 6. The summed E-state index contributed by atoms with van der Waals surface area (Å²) in [7, 11) is 0. The topological polar surface area (TPSA) is 199 Å². The monoisotopic (exact) mass is 590 g/mol. The normalized spacial score (nSPS) is 11.5. The van der Waals surface area contributed by atoms with Crippen LogP contribution in [0.2, 0.25) is 0 Å². The molecule has 11 nitrogen and oxygen atoms in total. The van der Waals surface area contributed by atoms with E-state index in [2.05, 4.69) is 6.92 Å². The van der Waals surface area contributed by atoms with Gasteiger partial charge in [0.25, 0.3) is 0 Å². The van der Waals surface area contributed by atoms with E-state index < -0.39 is 42.5 Å². The SMILES string of the molecule is CCCCCCCCCCCCCCCCCC(=O)OCC(O)CO.O=C(O)CC(O)(CC(=O)O)C(=O)O.[KH]. The van der Waals surface area contributed by atoms with Crippen LogP contribution in [0.15, 0.2) is 0 Å². The van der Waals surface area contributed by atoms with Crippen molar-refractivity contribution < 1.29 is 54.6 Å². The zero-order chi connectivity index (χ0) is 29.2. The van der Waals surface area contributed by atoms with E-state index >= 15 is 0 Å². The molecule has 6 N–H and O–H groups in total. The summed E-state index contributed by atoms with van der Waals surface area (Å²) in [5.74, 6) is -5.29. The summed E-state index contributed by atoms with van der Waals surface area (Å²) in [6.07, 6.45) is 16.7. The molecule has 0 spiro atoms. The zero-order valence-corrected chi connectivity index (χ0v) is 22.9. The van der Waals surface area contributed by atoms with Crippen molar-refractivity contribution in [3.8, 4) is 0 Å². The molecule has 0 saturated heterocycles. The summed E-state index contributed by atoms with van der Waals surface area (Å²) >= 11 is 0. The van der Waals surface area contributed by atoms with E-state index in [9.17, 15) is 19.2 Å². The minimum atomic E-state index is -2.74. The van der Waals surface area contributed by atoms with Crippen molar-refractivity contribution in [2.24, 2.45) is 0 Å². The van der Waals surface area contributed by atoms with Gasteiger partial charge in [-0.05, 0) is 6.42 Å². The molecule has 0 aromatic rings. The van der Waals surface area contributed by atoms with Gasteiger partial charge in [-0.15, -0.1) is 0 Å². The number of carboxylic acid groups (broad SMARTS) is 3. The van der Waals surface area contributed by atoms with Gasteiger partial charge in [-0.2, -0.15) is 0 Å². The fourth-order valence-electron chi connectivity index (χ4n) is 3.67. The van der Waals surface area contributed by atoms with Crippen molar-refractivity contribution in [3.63, 3.8) is 0 Å². The van der Waals surface area contributed by atoms with Crippen LogP contribution in [-0.2, 0) is 23.9 Å². The predicted octanol–water partition coefficient (Wildman–Crippen LogP) is 3.25. The van der Waals surface area contributed by atoms with E-state index in [1.54, 1.807) is 0 Å². The van der Waals surface area contributed by atoms with Crippen molar-refractivity contribution in [2.45, 2.75) is 134 Å². The third-order valence-electron chi connectivity index (χ3n) is 5.92. The molecule has 0 rings (SSSR count). The fraction of sp³-hybridized carbons (Fsp3) is 0.852. The second-order valence-corrected chi connectivity index (χ2v) is 9.70. The molecule has 0 aromatic carbocycles. The van der Waals surface area contributed by atoms with Crippen LogP contribution in [0.3, 0.4) is 0 Å². The number of aliphatic hydroxyl groups is 3. The van der Waals surface area contributed by atoms with Crippen molar-refractivity contribution in [1.82, 2.24) is 0 Å². The third kappa shape index (κ3) is 30.2. The molecule has 0 fully saturated rings. The van der Waals surface area contributed by atoms with Gasteiger partial charge in [0.1, 0.15) is 12.7 Å². The molecule has 0 aliphatic carbocycles. The van der Waals surface area contributed by atoms with Crippen molar-refractivity contribution >= 4 is 75.3 Å². The number of ether oxygens (including phenoxy) is 1. The molecule has 1 atom stereocenters. The Morgan fingerprint density at radius 2 is 1.05 bits per heavy atom. The first-order valence-corrected chi connectivity index (χ1v) is 13.8. The Kier molecular flexibility index (Phi) is 31.8. The molecule has 0 saturated carbocycles. The molecule has 0 aliphatic heterocycles. The average Bonchev–Trinajstić information content (AvgIpc) is 2.84. The van der Waals surface area contributed by atoms with Crippen LogP contribution in [-0.4, -0.2) is 131 Å². The summed E-state index contributed by atoms with van der Waals surface area (Å²) in [4.78, 5) is 41.9. The number of carbonyl (C=O) groups excluding carboxylic acids is 1. The van der Waals surface area contributed by atoms with Crippen LogP contribution in [0.5, 0.6) is 0 Å². The van der Waals surface area contributed by atoms with E-state index in [1.165, 1.54) is 83.5 Å². The number of esters is 1. The van der Waals surface area contributed by atoms with Gasteiger partial charge in [0.05, 0.1) is 19.4 Å². The minimum absolute atomic E-state index is 0. The van der Waals surface area contributed by atoms with Gasteiger partial charge in [-0.25, -0.2) is 4.79 Å².